The van der Waals surface area contributed by atoms with Crippen molar-refractivity contribution in [3.8, 4) is 0 Å². The number of benzene rings is 2. The molecule has 1 N–H and O–H groups in total. The number of carbonyl (C=O) groups excluding carboxylic acids is 1. The predicted octanol–water partition coefficient (Wildman–Crippen LogP) is 6.54. The van der Waals surface area contributed by atoms with Crippen molar-refractivity contribution < 1.29 is 13.6 Å². The van der Waals surface area contributed by atoms with Gasteiger partial charge in [-0.3, -0.25) is 9.69 Å². The van der Waals surface area contributed by atoms with Gasteiger partial charge in [-0.1, -0.05) is 29.4 Å². The number of H-pyrrole nitrogens is 1. The first-order valence-corrected chi connectivity index (χ1v) is 11.5. The van der Waals surface area contributed by atoms with Crippen LogP contribution in [0.2, 0.25) is 5.02 Å². The van der Waals surface area contributed by atoms with Gasteiger partial charge in [-0.25, -0.2) is 18.7 Å². The summed E-state index contributed by atoms with van der Waals surface area (Å²) in [4.78, 5) is 25.8. The maximum atomic E-state index is 13.4. The van der Waals surface area contributed by atoms with Gasteiger partial charge in [0.1, 0.15) is 0 Å². The number of imidazole rings is 1. The van der Waals surface area contributed by atoms with E-state index in [9.17, 15) is 13.6 Å². The number of hydrogen-bond donors (Lipinski definition) is 1. The van der Waals surface area contributed by atoms with Crippen molar-refractivity contribution in [1.82, 2.24) is 15.0 Å². The minimum Gasteiger partial charge on any atom is -0.333 e. The van der Waals surface area contributed by atoms with Crippen LogP contribution in [0.15, 0.2) is 34.8 Å². The van der Waals surface area contributed by atoms with E-state index in [0.29, 0.717) is 37.8 Å². The molecule has 2 aromatic heterocycles. The minimum absolute atomic E-state index is 0.191. The molecule has 1 amide bonds. The molecule has 0 radical (unpaired) electrons. The van der Waals surface area contributed by atoms with E-state index < -0.39 is 11.6 Å². The van der Waals surface area contributed by atoms with E-state index in [0.717, 1.165) is 29.0 Å². The van der Waals surface area contributed by atoms with Crippen LogP contribution in [0, 0.1) is 25.5 Å². The summed E-state index contributed by atoms with van der Waals surface area (Å²) in [6, 6.07) is 5.93. The Morgan fingerprint density at radius 1 is 1.19 bits per heavy atom. The van der Waals surface area contributed by atoms with Crippen molar-refractivity contribution in [3.05, 3.63) is 63.1 Å². The number of nitrogens with zero attached hydrogens (tertiary/aromatic N) is 3. The van der Waals surface area contributed by atoms with Gasteiger partial charge in [-0.15, -0.1) is 11.3 Å². The van der Waals surface area contributed by atoms with Gasteiger partial charge in [0.15, 0.2) is 21.9 Å². The van der Waals surface area contributed by atoms with Gasteiger partial charge in [0.05, 0.1) is 27.4 Å². The van der Waals surface area contributed by atoms with Crippen LogP contribution in [-0.2, 0) is 10.5 Å². The van der Waals surface area contributed by atoms with Crippen molar-refractivity contribution in [2.24, 2.45) is 0 Å². The molecule has 160 valence electrons. The second kappa shape index (κ2) is 8.57. The summed E-state index contributed by atoms with van der Waals surface area (Å²) in [5.41, 5.74) is 4.04. The maximum absolute atomic E-state index is 13.4. The lowest BCUT2D eigenvalue weighted by Crippen LogP contribution is -2.24. The fourth-order valence-corrected chi connectivity index (χ4v) is 5.40. The molecular weight excluding hydrogens is 462 g/mol. The Morgan fingerprint density at radius 3 is 2.65 bits per heavy atom. The molecule has 0 fully saturated rings. The largest absolute Gasteiger partial charge is 0.333 e. The van der Waals surface area contributed by atoms with Crippen LogP contribution in [0.1, 0.15) is 23.7 Å². The summed E-state index contributed by atoms with van der Waals surface area (Å²) >= 11 is 9.14. The standard InChI is InChI=1S/C21H17ClF2N4OS2/c1-10-4-11(2)19(14(22)5-10)28(12(3)29)21-25-13(9-31-21)8-30-20-26-17-6-15(23)16(24)7-18(17)27-20/h4-7,9H,8H2,1-3H3,(H,26,27). The summed E-state index contributed by atoms with van der Waals surface area (Å²) < 4.78 is 26.8. The highest BCUT2D eigenvalue weighted by atomic mass is 35.5. The number of carbonyl (C=O) groups is 1. The van der Waals surface area contributed by atoms with Crippen LogP contribution in [-0.4, -0.2) is 20.9 Å². The molecule has 10 heteroatoms. The van der Waals surface area contributed by atoms with Crippen molar-refractivity contribution in [1.29, 1.82) is 0 Å². The average Bonchev–Trinajstić information content (AvgIpc) is 3.29. The zero-order valence-electron chi connectivity index (χ0n) is 16.8. The highest BCUT2D eigenvalue weighted by Crippen LogP contribution is 2.38. The monoisotopic (exact) mass is 478 g/mol. The summed E-state index contributed by atoms with van der Waals surface area (Å²) in [7, 11) is 0. The lowest BCUT2D eigenvalue weighted by atomic mass is 10.1. The zero-order chi connectivity index (χ0) is 22.3. The van der Waals surface area contributed by atoms with Crippen molar-refractivity contribution in [2.45, 2.75) is 31.7 Å². The van der Waals surface area contributed by atoms with Gasteiger partial charge in [0.2, 0.25) is 5.91 Å². The molecular formula is C21H17ClF2N4OS2. The minimum atomic E-state index is -0.936. The molecule has 0 spiro atoms. The van der Waals surface area contributed by atoms with E-state index in [4.69, 9.17) is 11.6 Å². The number of halogens is 3. The molecule has 2 aromatic carbocycles. The molecule has 0 saturated carbocycles. The summed E-state index contributed by atoms with van der Waals surface area (Å²) in [6.07, 6.45) is 0. The van der Waals surface area contributed by atoms with Crippen LogP contribution in [0.3, 0.4) is 0 Å². The van der Waals surface area contributed by atoms with E-state index in [1.54, 1.807) is 0 Å². The van der Waals surface area contributed by atoms with Crippen LogP contribution in [0.5, 0.6) is 0 Å². The Balaban J connectivity index is 1.56. The fraction of sp³-hybridized carbons (Fsp3) is 0.190. The Morgan fingerprint density at radius 2 is 1.94 bits per heavy atom. The third kappa shape index (κ3) is 4.44. The number of aromatic nitrogens is 3. The number of hydrogen-bond acceptors (Lipinski definition) is 5. The number of aryl methyl sites for hydroxylation is 2. The van der Waals surface area contributed by atoms with Crippen LogP contribution < -0.4 is 4.90 Å². The molecule has 5 nitrogen and oxygen atoms in total. The first kappa shape index (κ1) is 21.7. The van der Waals surface area contributed by atoms with Crippen molar-refractivity contribution in [2.75, 3.05) is 4.90 Å². The Hall–Kier alpha value is -2.49. The summed E-state index contributed by atoms with van der Waals surface area (Å²) in [6.45, 7) is 5.32. The molecule has 2 heterocycles. The third-order valence-corrected chi connectivity index (χ3v) is 6.60. The van der Waals surface area contributed by atoms with E-state index in [-0.39, 0.29) is 5.91 Å². The molecule has 0 unspecified atom stereocenters. The predicted molar refractivity (Wildman–Crippen MR) is 121 cm³/mol. The molecule has 4 rings (SSSR count). The van der Waals surface area contributed by atoms with Crippen LogP contribution in [0.25, 0.3) is 11.0 Å². The molecule has 4 aromatic rings. The lowest BCUT2D eigenvalue weighted by Gasteiger charge is -2.22. The van der Waals surface area contributed by atoms with Gasteiger partial charge in [0.25, 0.3) is 0 Å². The Bertz CT molecular complexity index is 1240. The first-order chi connectivity index (χ1) is 14.7. The van der Waals surface area contributed by atoms with Gasteiger partial charge in [-0.05, 0) is 31.0 Å². The van der Waals surface area contributed by atoms with Crippen LogP contribution in [0.4, 0.5) is 19.6 Å². The Labute approximate surface area is 190 Å². The second-order valence-electron chi connectivity index (χ2n) is 7.00. The number of fused-ring (bicyclic) bond motifs is 1. The number of rotatable bonds is 5. The van der Waals surface area contributed by atoms with Gasteiger partial charge in [0, 0.05) is 30.2 Å². The quantitative estimate of drug-likeness (QED) is 0.330. The highest BCUT2D eigenvalue weighted by Gasteiger charge is 2.23. The highest BCUT2D eigenvalue weighted by molar-refractivity contribution is 7.98. The summed E-state index contributed by atoms with van der Waals surface area (Å²) in [5, 5.41) is 3.39. The summed E-state index contributed by atoms with van der Waals surface area (Å²) in [5.74, 6) is -1.59. The second-order valence-corrected chi connectivity index (χ2v) is 9.21. The number of thiazole rings is 1. The number of amides is 1. The number of thioether (sulfide) groups is 1. The third-order valence-electron chi connectivity index (χ3n) is 4.53. The number of anilines is 2. The van der Waals surface area contributed by atoms with Crippen molar-refractivity contribution >= 4 is 62.5 Å². The van der Waals surface area contributed by atoms with Gasteiger partial charge >= 0.3 is 0 Å². The Kier molecular flexibility index (Phi) is 6.00. The van der Waals surface area contributed by atoms with E-state index in [2.05, 4.69) is 15.0 Å². The van der Waals surface area contributed by atoms with Gasteiger partial charge < -0.3 is 4.98 Å². The van der Waals surface area contributed by atoms with E-state index in [1.807, 2.05) is 31.4 Å². The molecule has 0 aliphatic rings. The zero-order valence-corrected chi connectivity index (χ0v) is 19.2. The molecule has 0 aliphatic heterocycles. The molecule has 0 aliphatic carbocycles. The smallest absolute Gasteiger partial charge is 0.230 e. The number of aromatic amines is 1. The molecule has 31 heavy (non-hydrogen) atoms. The van der Waals surface area contributed by atoms with Crippen molar-refractivity contribution in [3.63, 3.8) is 0 Å². The fourth-order valence-electron chi connectivity index (χ4n) is 3.24. The SMILES string of the molecule is CC(=O)N(c1nc(CSc2nc3cc(F)c(F)cc3[nH]2)cs1)c1c(C)cc(C)cc1Cl. The van der Waals surface area contributed by atoms with E-state index >= 15 is 0 Å². The van der Waals surface area contributed by atoms with E-state index in [1.165, 1.54) is 34.9 Å². The maximum Gasteiger partial charge on any atom is 0.230 e. The molecule has 0 atom stereocenters. The topological polar surface area (TPSA) is 61.9 Å². The van der Waals surface area contributed by atoms with Gasteiger partial charge in [-0.2, -0.15) is 0 Å². The molecule has 0 saturated heterocycles. The lowest BCUT2D eigenvalue weighted by molar-refractivity contribution is -0.115. The average molecular weight is 479 g/mol. The van der Waals surface area contributed by atoms with Crippen LogP contribution >= 0.6 is 34.7 Å². The first-order valence-electron chi connectivity index (χ1n) is 9.22. The number of nitrogens with one attached hydrogen (secondary N) is 1. The molecule has 0 bridgehead atoms. The normalized spacial score (nSPS) is 11.3.